The lowest BCUT2D eigenvalue weighted by Gasteiger charge is -2.23. The van der Waals surface area contributed by atoms with E-state index < -0.39 is 15.3 Å². The van der Waals surface area contributed by atoms with Gasteiger partial charge in [0, 0.05) is 5.75 Å². The lowest BCUT2D eigenvalue weighted by atomic mass is 9.89. The number of halogens is 3. The van der Waals surface area contributed by atoms with E-state index in [0.717, 1.165) is 6.54 Å². The fourth-order valence-corrected chi connectivity index (χ4v) is 5.16. The molecule has 3 nitrogen and oxygen atoms in total. The van der Waals surface area contributed by atoms with Gasteiger partial charge >= 0.3 is 5.51 Å². The van der Waals surface area contributed by atoms with Gasteiger partial charge < -0.3 is 5.32 Å². The Hall–Kier alpha value is 0.0500. The third kappa shape index (κ3) is 8.30. The molecule has 0 aromatic carbocycles. The van der Waals surface area contributed by atoms with E-state index >= 15 is 0 Å². The van der Waals surface area contributed by atoms with Crippen molar-refractivity contribution in [3.8, 4) is 0 Å². The smallest absolute Gasteiger partial charge is 0.316 e. The third-order valence-corrected chi connectivity index (χ3v) is 6.21. The van der Waals surface area contributed by atoms with Gasteiger partial charge in [0.2, 0.25) is 0 Å². The number of sulfone groups is 1. The number of nitrogens with one attached hydrogen (secondary N) is 1. The van der Waals surface area contributed by atoms with Crippen LogP contribution >= 0.6 is 11.8 Å². The number of hydrogen-bond donors (Lipinski definition) is 1. The largest absolute Gasteiger partial charge is 0.441 e. The molecule has 1 saturated heterocycles. The Morgan fingerprint density at radius 1 is 1.29 bits per heavy atom. The van der Waals surface area contributed by atoms with E-state index in [1.165, 1.54) is 0 Å². The summed E-state index contributed by atoms with van der Waals surface area (Å²) in [5.74, 6) is 0.734. The van der Waals surface area contributed by atoms with Gasteiger partial charge in [-0.25, -0.2) is 8.42 Å². The monoisotopic (exact) mass is 347 g/mol. The first-order valence-electron chi connectivity index (χ1n) is 7.21. The number of alkyl halides is 3. The van der Waals surface area contributed by atoms with Gasteiger partial charge in [0.05, 0.1) is 11.5 Å². The van der Waals surface area contributed by atoms with Crippen LogP contribution in [0.2, 0.25) is 0 Å². The van der Waals surface area contributed by atoms with Crippen molar-refractivity contribution in [1.82, 2.24) is 5.32 Å². The zero-order valence-electron chi connectivity index (χ0n) is 12.4. The van der Waals surface area contributed by atoms with Gasteiger partial charge in [0.1, 0.15) is 0 Å². The Balaban J connectivity index is 2.49. The Morgan fingerprint density at radius 3 is 2.43 bits per heavy atom. The molecule has 0 aromatic heterocycles. The van der Waals surface area contributed by atoms with Crippen molar-refractivity contribution < 1.29 is 21.6 Å². The first-order valence-corrected chi connectivity index (χ1v) is 10.0. The SMILES string of the molecule is CC(C)CNCC(CCSC(F)(F)F)C1CCS(=O)(=O)C1. The second-order valence-corrected chi connectivity index (χ2v) is 9.45. The zero-order valence-corrected chi connectivity index (χ0v) is 14.1. The van der Waals surface area contributed by atoms with E-state index in [-0.39, 0.29) is 40.9 Å². The highest BCUT2D eigenvalue weighted by molar-refractivity contribution is 8.00. The van der Waals surface area contributed by atoms with Gasteiger partial charge in [-0.3, -0.25) is 0 Å². The van der Waals surface area contributed by atoms with Crippen molar-refractivity contribution in [1.29, 1.82) is 0 Å². The second-order valence-electron chi connectivity index (χ2n) is 6.06. The molecule has 0 aromatic rings. The standard InChI is InChI=1S/C13H24F3NO2S2/c1-10(2)7-17-8-11(3-5-20-13(14,15)16)12-4-6-21(18,19)9-12/h10-12,17H,3-9H2,1-2H3. The van der Waals surface area contributed by atoms with E-state index in [2.05, 4.69) is 19.2 Å². The molecule has 0 bridgehead atoms. The van der Waals surface area contributed by atoms with Crippen LogP contribution in [0.3, 0.4) is 0 Å². The minimum Gasteiger partial charge on any atom is -0.316 e. The van der Waals surface area contributed by atoms with Crippen molar-refractivity contribution in [2.24, 2.45) is 17.8 Å². The van der Waals surface area contributed by atoms with E-state index in [9.17, 15) is 21.6 Å². The molecule has 0 aliphatic carbocycles. The van der Waals surface area contributed by atoms with Crippen molar-refractivity contribution >= 4 is 21.6 Å². The molecule has 1 fully saturated rings. The maximum atomic E-state index is 12.2. The molecular formula is C13H24F3NO2S2. The summed E-state index contributed by atoms with van der Waals surface area (Å²) in [4.78, 5) is 0. The van der Waals surface area contributed by atoms with Crippen molar-refractivity contribution in [3.05, 3.63) is 0 Å². The van der Waals surface area contributed by atoms with Crippen LogP contribution in [-0.2, 0) is 9.84 Å². The van der Waals surface area contributed by atoms with E-state index in [4.69, 9.17) is 0 Å². The summed E-state index contributed by atoms with van der Waals surface area (Å²) in [6, 6.07) is 0. The van der Waals surface area contributed by atoms with Crippen LogP contribution in [-0.4, -0.2) is 44.3 Å². The summed E-state index contributed by atoms with van der Waals surface area (Å²) in [6.07, 6.45) is 0.975. The van der Waals surface area contributed by atoms with Crippen LogP contribution in [0, 0.1) is 17.8 Å². The molecule has 1 aliphatic heterocycles. The predicted octanol–water partition coefficient (Wildman–Crippen LogP) is 2.93. The predicted molar refractivity (Wildman–Crippen MR) is 81.1 cm³/mol. The summed E-state index contributed by atoms with van der Waals surface area (Å²) in [5.41, 5.74) is -4.21. The first-order chi connectivity index (χ1) is 9.59. The lowest BCUT2D eigenvalue weighted by molar-refractivity contribution is -0.0328. The summed E-state index contributed by atoms with van der Waals surface area (Å²) >= 11 is -0.0169. The average Bonchev–Trinajstić information content (AvgIpc) is 2.65. The minimum atomic E-state index is -4.21. The molecule has 126 valence electrons. The van der Waals surface area contributed by atoms with Crippen molar-refractivity contribution in [3.63, 3.8) is 0 Å². The van der Waals surface area contributed by atoms with Gasteiger partial charge in [-0.2, -0.15) is 13.2 Å². The highest BCUT2D eigenvalue weighted by Gasteiger charge is 2.34. The van der Waals surface area contributed by atoms with Gasteiger partial charge in [-0.15, -0.1) is 0 Å². The Bertz CT molecular complexity index is 410. The molecule has 0 amide bonds. The van der Waals surface area contributed by atoms with Gasteiger partial charge in [-0.05, 0) is 43.7 Å². The van der Waals surface area contributed by atoms with E-state index in [1.54, 1.807) is 0 Å². The topological polar surface area (TPSA) is 46.2 Å². The molecule has 1 heterocycles. The molecule has 0 radical (unpaired) electrons. The van der Waals surface area contributed by atoms with Crippen LogP contribution < -0.4 is 5.32 Å². The van der Waals surface area contributed by atoms with Gasteiger partial charge in [-0.1, -0.05) is 25.6 Å². The fourth-order valence-electron chi connectivity index (χ4n) is 2.58. The van der Waals surface area contributed by atoms with E-state index in [0.29, 0.717) is 25.3 Å². The summed E-state index contributed by atoms with van der Waals surface area (Å²) < 4.78 is 59.8. The summed E-state index contributed by atoms with van der Waals surface area (Å²) in [5, 5.41) is 3.25. The average molecular weight is 347 g/mol. The Morgan fingerprint density at radius 2 is 1.95 bits per heavy atom. The molecule has 21 heavy (non-hydrogen) atoms. The summed E-state index contributed by atoms with van der Waals surface area (Å²) in [7, 11) is -2.99. The number of thioether (sulfide) groups is 1. The second kappa shape index (κ2) is 8.06. The lowest BCUT2D eigenvalue weighted by Crippen LogP contribution is -2.31. The highest BCUT2D eigenvalue weighted by Crippen LogP contribution is 2.34. The van der Waals surface area contributed by atoms with Gasteiger partial charge in [0.25, 0.3) is 0 Å². The zero-order chi connectivity index (χ0) is 16.1. The van der Waals surface area contributed by atoms with Crippen LogP contribution in [0.5, 0.6) is 0 Å². The van der Waals surface area contributed by atoms with Crippen molar-refractivity contribution in [2.45, 2.75) is 32.2 Å². The normalized spacial score (nSPS) is 23.6. The van der Waals surface area contributed by atoms with Crippen LogP contribution in [0.15, 0.2) is 0 Å². The Labute approximate surface area is 129 Å². The molecule has 2 atom stereocenters. The molecule has 0 saturated carbocycles. The highest BCUT2D eigenvalue weighted by atomic mass is 32.2. The number of rotatable bonds is 8. The Kier molecular flexibility index (Phi) is 7.33. The molecule has 2 unspecified atom stereocenters. The van der Waals surface area contributed by atoms with Crippen LogP contribution in [0.1, 0.15) is 26.7 Å². The third-order valence-electron chi connectivity index (χ3n) is 3.65. The van der Waals surface area contributed by atoms with Crippen molar-refractivity contribution in [2.75, 3.05) is 30.3 Å². The molecule has 1 N–H and O–H groups in total. The molecule has 8 heteroatoms. The molecule has 1 aliphatic rings. The first kappa shape index (κ1) is 19.1. The van der Waals surface area contributed by atoms with Crippen LogP contribution in [0.25, 0.3) is 0 Å². The molecule has 0 spiro atoms. The van der Waals surface area contributed by atoms with E-state index in [1.807, 2.05) is 0 Å². The van der Waals surface area contributed by atoms with Gasteiger partial charge in [0.15, 0.2) is 9.84 Å². The fraction of sp³-hybridized carbons (Fsp3) is 1.00. The maximum Gasteiger partial charge on any atom is 0.441 e. The molecule has 1 rings (SSSR count). The molecular weight excluding hydrogens is 323 g/mol. The maximum absolute atomic E-state index is 12.2. The summed E-state index contributed by atoms with van der Waals surface area (Å²) in [6.45, 7) is 5.50. The quantitative estimate of drug-likeness (QED) is 0.733. The van der Waals surface area contributed by atoms with Crippen LogP contribution in [0.4, 0.5) is 13.2 Å². The minimum absolute atomic E-state index is 0.00382. The number of hydrogen-bond acceptors (Lipinski definition) is 4.